The zero-order valence-electron chi connectivity index (χ0n) is 27.9. The molecule has 0 fully saturated rings. The minimum absolute atomic E-state index is 0.240. The van der Waals surface area contributed by atoms with Crippen molar-refractivity contribution in [2.45, 2.75) is 6.17 Å². The van der Waals surface area contributed by atoms with Gasteiger partial charge in [-0.25, -0.2) is 0 Å². The van der Waals surface area contributed by atoms with Gasteiger partial charge in [0.1, 0.15) is 6.17 Å². The van der Waals surface area contributed by atoms with Gasteiger partial charge in [0, 0.05) is 27.7 Å². The molecule has 0 saturated carbocycles. The molecule has 8 aromatic carbocycles. The van der Waals surface area contributed by atoms with Crippen molar-refractivity contribution in [1.82, 2.24) is 9.88 Å². The van der Waals surface area contributed by atoms with E-state index in [-0.39, 0.29) is 6.17 Å². The van der Waals surface area contributed by atoms with Crippen LogP contribution < -0.4 is 5.32 Å². The van der Waals surface area contributed by atoms with Crippen molar-refractivity contribution in [2.75, 3.05) is 0 Å². The van der Waals surface area contributed by atoms with E-state index in [1.54, 1.807) is 0 Å². The highest BCUT2D eigenvalue weighted by Crippen LogP contribution is 2.36. The second kappa shape index (κ2) is 12.0. The topological polar surface area (TPSA) is 29.3 Å². The zero-order chi connectivity index (χ0) is 33.7. The smallest absolute Gasteiger partial charge is 0.145 e. The average Bonchev–Trinajstić information content (AvgIpc) is 3.53. The van der Waals surface area contributed by atoms with Crippen LogP contribution in [0.15, 0.2) is 193 Å². The third-order valence-corrected chi connectivity index (χ3v) is 10.2. The molecule has 240 valence electrons. The molecule has 3 nitrogen and oxygen atoms in total. The van der Waals surface area contributed by atoms with Crippen molar-refractivity contribution in [3.8, 4) is 16.8 Å². The Morgan fingerprint density at radius 3 is 1.92 bits per heavy atom. The van der Waals surface area contributed by atoms with E-state index in [0.29, 0.717) is 0 Å². The highest BCUT2D eigenvalue weighted by atomic mass is 15.1. The van der Waals surface area contributed by atoms with Gasteiger partial charge in [0.15, 0.2) is 0 Å². The van der Waals surface area contributed by atoms with Crippen LogP contribution in [0.5, 0.6) is 0 Å². The van der Waals surface area contributed by atoms with Gasteiger partial charge >= 0.3 is 0 Å². The molecular formula is C48H33N3. The second-order valence-electron chi connectivity index (χ2n) is 13.3. The Morgan fingerprint density at radius 1 is 0.431 bits per heavy atom. The van der Waals surface area contributed by atoms with Gasteiger partial charge in [-0.2, -0.15) is 0 Å². The van der Waals surface area contributed by atoms with Gasteiger partial charge < -0.3 is 9.88 Å². The normalized spacial score (nSPS) is 14.5. The molecule has 1 aliphatic rings. The zero-order valence-corrected chi connectivity index (χ0v) is 27.9. The molecule has 10 rings (SSSR count). The number of nitrogens with zero attached hydrogens (tertiary/aromatic N) is 2. The lowest BCUT2D eigenvalue weighted by molar-refractivity contribution is 0.665. The van der Waals surface area contributed by atoms with E-state index < -0.39 is 0 Å². The number of benzene rings is 8. The lowest BCUT2D eigenvalue weighted by atomic mass is 9.98. The van der Waals surface area contributed by atoms with E-state index in [0.717, 1.165) is 33.8 Å². The fourth-order valence-corrected chi connectivity index (χ4v) is 7.62. The molecule has 1 atom stereocenters. The van der Waals surface area contributed by atoms with Crippen LogP contribution in [0.1, 0.15) is 22.9 Å². The molecule has 51 heavy (non-hydrogen) atoms. The number of hydrogen-bond acceptors (Lipinski definition) is 2. The number of aliphatic imine (C=N–C) groups is 1. The standard InChI is InChI=1S/C48H33N3/c1-3-12-32(13-4-1)34-18-11-19-39(26-34)45-31-44(33-14-5-2-6-15-33)49-48(50-45)40-23-22-38-28-41(25-24-37(38)27-40)51-46-21-10-9-20-42(46)43-29-35-16-7-8-17-36(35)30-47(43)51/h1-31,48-49H. The molecule has 1 aliphatic heterocycles. The molecule has 0 bridgehead atoms. The largest absolute Gasteiger partial charge is 0.360 e. The minimum atomic E-state index is -0.240. The molecule has 3 heteroatoms. The van der Waals surface area contributed by atoms with Gasteiger partial charge in [0.25, 0.3) is 0 Å². The number of fused-ring (bicyclic) bond motifs is 5. The minimum Gasteiger partial charge on any atom is -0.360 e. The first-order chi connectivity index (χ1) is 25.2. The van der Waals surface area contributed by atoms with Crippen molar-refractivity contribution in [2.24, 2.45) is 4.99 Å². The Bertz CT molecular complexity index is 2830. The van der Waals surface area contributed by atoms with Crippen LogP contribution in [-0.4, -0.2) is 10.3 Å². The molecule has 0 aliphatic carbocycles. The summed E-state index contributed by atoms with van der Waals surface area (Å²) in [6, 6.07) is 65.3. The van der Waals surface area contributed by atoms with Crippen molar-refractivity contribution < 1.29 is 0 Å². The maximum absolute atomic E-state index is 5.32. The van der Waals surface area contributed by atoms with Crippen molar-refractivity contribution in [1.29, 1.82) is 0 Å². The highest BCUT2D eigenvalue weighted by Gasteiger charge is 2.21. The predicted octanol–water partition coefficient (Wildman–Crippen LogP) is 11.9. The van der Waals surface area contributed by atoms with Gasteiger partial charge in [-0.15, -0.1) is 0 Å². The summed E-state index contributed by atoms with van der Waals surface area (Å²) in [6.45, 7) is 0. The number of rotatable bonds is 5. The quantitative estimate of drug-likeness (QED) is 0.197. The Labute approximate surface area is 296 Å². The molecule has 1 unspecified atom stereocenters. The molecule has 2 heterocycles. The summed E-state index contributed by atoms with van der Waals surface area (Å²) in [4.78, 5) is 5.32. The summed E-state index contributed by atoms with van der Waals surface area (Å²) in [5.74, 6) is 0. The Balaban J connectivity index is 1.06. The third kappa shape index (κ3) is 5.19. The maximum Gasteiger partial charge on any atom is 0.145 e. The van der Waals surface area contributed by atoms with E-state index in [1.807, 2.05) is 0 Å². The lowest BCUT2D eigenvalue weighted by Crippen LogP contribution is -2.24. The number of para-hydroxylation sites is 1. The van der Waals surface area contributed by atoms with Crippen LogP contribution in [0.3, 0.4) is 0 Å². The summed E-state index contributed by atoms with van der Waals surface area (Å²) in [6.07, 6.45) is 1.94. The molecule has 1 N–H and O–H groups in total. The third-order valence-electron chi connectivity index (χ3n) is 10.2. The van der Waals surface area contributed by atoms with Crippen LogP contribution in [0.25, 0.3) is 65.9 Å². The Morgan fingerprint density at radius 2 is 1.08 bits per heavy atom. The highest BCUT2D eigenvalue weighted by molar-refractivity contribution is 6.14. The summed E-state index contributed by atoms with van der Waals surface area (Å²) in [7, 11) is 0. The van der Waals surface area contributed by atoms with E-state index >= 15 is 0 Å². The molecule has 0 saturated heterocycles. The summed E-state index contributed by atoms with van der Waals surface area (Å²) < 4.78 is 2.41. The fourth-order valence-electron chi connectivity index (χ4n) is 7.62. The number of hydrogen-bond donors (Lipinski definition) is 1. The van der Waals surface area contributed by atoms with E-state index in [1.165, 1.54) is 54.5 Å². The SMILES string of the molecule is C1=C(c2ccccc2)NC(c2ccc3cc(-n4c5ccccc5c5cc6ccccc6cc54)ccc3c2)N=C1c1cccc(-c2ccccc2)c1. The van der Waals surface area contributed by atoms with E-state index in [4.69, 9.17) is 4.99 Å². The summed E-state index contributed by atoms with van der Waals surface area (Å²) in [5, 5.41) is 11.2. The monoisotopic (exact) mass is 651 g/mol. The molecule has 0 spiro atoms. The summed E-state index contributed by atoms with van der Waals surface area (Å²) in [5.41, 5.74) is 11.3. The van der Waals surface area contributed by atoms with Gasteiger partial charge in [-0.3, -0.25) is 4.99 Å². The van der Waals surface area contributed by atoms with Gasteiger partial charge in [-0.1, -0.05) is 140 Å². The van der Waals surface area contributed by atoms with Gasteiger partial charge in [0.05, 0.1) is 16.7 Å². The molecule has 0 amide bonds. The van der Waals surface area contributed by atoms with Crippen LogP contribution in [0.2, 0.25) is 0 Å². The van der Waals surface area contributed by atoms with Crippen molar-refractivity contribution in [3.63, 3.8) is 0 Å². The number of allylic oxidation sites excluding steroid dienone is 1. The predicted molar refractivity (Wildman–Crippen MR) is 215 cm³/mol. The van der Waals surface area contributed by atoms with E-state index in [9.17, 15) is 0 Å². The Hall–Kier alpha value is -6.71. The molecule has 0 radical (unpaired) electrons. The molecule has 1 aromatic heterocycles. The maximum atomic E-state index is 5.32. The summed E-state index contributed by atoms with van der Waals surface area (Å²) >= 11 is 0. The Kier molecular flexibility index (Phi) is 6.88. The number of aromatic nitrogens is 1. The van der Waals surface area contributed by atoms with Crippen molar-refractivity contribution in [3.05, 3.63) is 205 Å². The van der Waals surface area contributed by atoms with Crippen LogP contribution in [-0.2, 0) is 0 Å². The van der Waals surface area contributed by atoms with Crippen LogP contribution in [0, 0.1) is 0 Å². The lowest BCUT2D eigenvalue weighted by Gasteiger charge is -2.25. The first kappa shape index (κ1) is 29.2. The second-order valence-corrected chi connectivity index (χ2v) is 13.3. The first-order valence-corrected chi connectivity index (χ1v) is 17.5. The fraction of sp³-hybridized carbons (Fsp3) is 0.0208. The van der Waals surface area contributed by atoms with Crippen LogP contribution in [0.4, 0.5) is 0 Å². The number of nitrogens with one attached hydrogen (secondary N) is 1. The van der Waals surface area contributed by atoms with Crippen molar-refractivity contribution >= 4 is 54.8 Å². The van der Waals surface area contributed by atoms with Crippen LogP contribution >= 0.6 is 0 Å². The first-order valence-electron chi connectivity index (χ1n) is 17.5. The van der Waals surface area contributed by atoms with E-state index in [2.05, 4.69) is 198 Å². The average molecular weight is 652 g/mol. The molecular weight excluding hydrogens is 619 g/mol. The van der Waals surface area contributed by atoms with Gasteiger partial charge in [0.2, 0.25) is 0 Å². The molecule has 9 aromatic rings. The van der Waals surface area contributed by atoms with Gasteiger partial charge in [-0.05, 0) is 92.3 Å².